The lowest BCUT2D eigenvalue weighted by molar-refractivity contribution is 0.627. The molecule has 0 saturated heterocycles. The van der Waals surface area contributed by atoms with Crippen LogP contribution in [-0.2, 0) is 0 Å². The van der Waals surface area contributed by atoms with Gasteiger partial charge in [-0.3, -0.25) is 5.10 Å². The summed E-state index contributed by atoms with van der Waals surface area (Å²) in [5, 5.41) is 6.33. The predicted octanol–water partition coefficient (Wildman–Crippen LogP) is 1.96. The average Bonchev–Trinajstić information content (AvgIpc) is 2.51. The van der Waals surface area contributed by atoms with Crippen LogP contribution >= 0.6 is 15.9 Å². The summed E-state index contributed by atoms with van der Waals surface area (Å²) in [6, 6.07) is 4.30. The summed E-state index contributed by atoms with van der Waals surface area (Å²) in [4.78, 5) is 3.93. The van der Waals surface area contributed by atoms with Crippen LogP contribution in [0.4, 0.5) is 10.3 Å². The van der Waals surface area contributed by atoms with Crippen molar-refractivity contribution >= 4 is 21.9 Å². The third kappa shape index (κ3) is 1.60. The maximum atomic E-state index is 12.8. The van der Waals surface area contributed by atoms with E-state index in [4.69, 9.17) is 5.73 Å². The van der Waals surface area contributed by atoms with Crippen LogP contribution in [0.3, 0.4) is 0 Å². The molecule has 2 aromatic rings. The average molecular weight is 257 g/mol. The van der Waals surface area contributed by atoms with E-state index in [2.05, 4.69) is 31.1 Å². The normalized spacial score (nSPS) is 10.4. The minimum absolute atomic E-state index is 0.163. The van der Waals surface area contributed by atoms with Crippen LogP contribution in [-0.4, -0.2) is 15.2 Å². The van der Waals surface area contributed by atoms with Crippen molar-refractivity contribution < 1.29 is 4.39 Å². The van der Waals surface area contributed by atoms with Gasteiger partial charge in [0.2, 0.25) is 5.95 Å². The largest absolute Gasteiger partial charge is 0.366 e. The highest BCUT2D eigenvalue weighted by Crippen LogP contribution is 2.26. The van der Waals surface area contributed by atoms with Gasteiger partial charge in [0.25, 0.3) is 0 Å². The number of aromatic nitrogens is 3. The number of nitrogen functional groups attached to an aromatic ring is 1. The van der Waals surface area contributed by atoms with Gasteiger partial charge in [-0.15, -0.1) is 5.10 Å². The fraction of sp³-hybridized carbons (Fsp3) is 0. The third-order valence-corrected chi connectivity index (χ3v) is 2.35. The van der Waals surface area contributed by atoms with Gasteiger partial charge < -0.3 is 5.73 Å². The van der Waals surface area contributed by atoms with Crippen molar-refractivity contribution in [1.82, 2.24) is 15.2 Å². The molecule has 0 aliphatic heterocycles. The summed E-state index contributed by atoms with van der Waals surface area (Å²) >= 11 is 3.22. The number of anilines is 1. The highest BCUT2D eigenvalue weighted by Gasteiger charge is 2.07. The lowest BCUT2D eigenvalue weighted by atomic mass is 10.2. The second-order valence-electron chi connectivity index (χ2n) is 2.67. The Morgan fingerprint density at radius 2 is 2.21 bits per heavy atom. The van der Waals surface area contributed by atoms with E-state index >= 15 is 0 Å². The van der Waals surface area contributed by atoms with E-state index < -0.39 is 0 Å². The molecule has 2 rings (SSSR count). The molecule has 0 fully saturated rings. The lowest BCUT2D eigenvalue weighted by Gasteiger charge is -1.99. The predicted molar refractivity (Wildman–Crippen MR) is 53.9 cm³/mol. The van der Waals surface area contributed by atoms with Gasteiger partial charge in [0.05, 0.1) is 0 Å². The number of hydrogen-bond acceptors (Lipinski definition) is 3. The Morgan fingerprint density at radius 1 is 1.43 bits per heavy atom. The second kappa shape index (κ2) is 3.38. The highest BCUT2D eigenvalue weighted by atomic mass is 79.9. The minimum Gasteiger partial charge on any atom is -0.366 e. The van der Waals surface area contributed by atoms with Gasteiger partial charge >= 0.3 is 0 Å². The van der Waals surface area contributed by atoms with Crippen LogP contribution in [0.2, 0.25) is 0 Å². The Balaban J connectivity index is 2.52. The fourth-order valence-electron chi connectivity index (χ4n) is 1.08. The minimum atomic E-state index is -0.312. The molecule has 0 radical (unpaired) electrons. The molecular formula is C8H6BrFN4. The zero-order chi connectivity index (χ0) is 10.1. The summed E-state index contributed by atoms with van der Waals surface area (Å²) in [6.45, 7) is 0. The number of H-pyrrole nitrogens is 1. The quantitative estimate of drug-likeness (QED) is 0.820. The third-order valence-electron chi connectivity index (χ3n) is 1.69. The Labute approximate surface area is 87.5 Å². The first-order valence-electron chi connectivity index (χ1n) is 3.80. The van der Waals surface area contributed by atoms with Crippen LogP contribution in [0.5, 0.6) is 0 Å². The van der Waals surface area contributed by atoms with E-state index in [-0.39, 0.29) is 11.8 Å². The number of benzene rings is 1. The number of hydrogen-bond donors (Lipinski definition) is 2. The molecule has 1 heterocycles. The molecule has 4 nitrogen and oxygen atoms in total. The van der Waals surface area contributed by atoms with Gasteiger partial charge in [0.15, 0.2) is 5.82 Å². The van der Waals surface area contributed by atoms with Gasteiger partial charge in [0, 0.05) is 10.0 Å². The topological polar surface area (TPSA) is 67.6 Å². The van der Waals surface area contributed by atoms with Crippen LogP contribution in [0, 0.1) is 5.82 Å². The van der Waals surface area contributed by atoms with Crippen molar-refractivity contribution in [2.24, 2.45) is 0 Å². The second-order valence-corrected chi connectivity index (χ2v) is 3.52. The summed E-state index contributed by atoms with van der Waals surface area (Å²) in [7, 11) is 0. The summed E-state index contributed by atoms with van der Waals surface area (Å²) in [5.41, 5.74) is 6.07. The number of nitrogens with zero attached hydrogens (tertiary/aromatic N) is 2. The summed E-state index contributed by atoms with van der Waals surface area (Å²) in [6.07, 6.45) is 0. The molecule has 1 aromatic carbocycles. The van der Waals surface area contributed by atoms with Crippen molar-refractivity contribution in [2.45, 2.75) is 0 Å². The standard InChI is InChI=1S/C8H6BrFN4/c9-6-3-4(10)1-2-5(6)7-12-8(11)14-13-7/h1-3H,(H3,11,12,13,14). The van der Waals surface area contributed by atoms with Gasteiger partial charge in [0.1, 0.15) is 5.82 Å². The van der Waals surface area contributed by atoms with E-state index in [0.717, 1.165) is 5.56 Å². The van der Waals surface area contributed by atoms with Crippen LogP contribution in [0.15, 0.2) is 22.7 Å². The van der Waals surface area contributed by atoms with Gasteiger partial charge in [-0.1, -0.05) is 0 Å². The Bertz CT molecular complexity index is 468. The Morgan fingerprint density at radius 3 is 2.79 bits per heavy atom. The molecule has 0 aliphatic carbocycles. The van der Waals surface area contributed by atoms with E-state index in [9.17, 15) is 4.39 Å². The van der Waals surface area contributed by atoms with Crippen molar-refractivity contribution in [2.75, 3.05) is 5.73 Å². The first-order valence-corrected chi connectivity index (χ1v) is 4.59. The van der Waals surface area contributed by atoms with Crippen LogP contribution < -0.4 is 5.73 Å². The van der Waals surface area contributed by atoms with E-state index in [1.165, 1.54) is 12.1 Å². The molecule has 1 aromatic heterocycles. The monoisotopic (exact) mass is 256 g/mol. The maximum Gasteiger partial charge on any atom is 0.239 e. The van der Waals surface area contributed by atoms with Crippen molar-refractivity contribution in [3.63, 3.8) is 0 Å². The van der Waals surface area contributed by atoms with Gasteiger partial charge in [-0.2, -0.15) is 4.98 Å². The summed E-state index contributed by atoms with van der Waals surface area (Å²) in [5.74, 6) is 0.360. The first kappa shape index (κ1) is 9.14. The Hall–Kier alpha value is -1.43. The number of aromatic amines is 1. The molecule has 6 heteroatoms. The van der Waals surface area contributed by atoms with Crippen molar-refractivity contribution in [3.05, 3.63) is 28.5 Å². The number of nitrogens with two attached hydrogens (primary N) is 1. The van der Waals surface area contributed by atoms with Gasteiger partial charge in [-0.25, -0.2) is 4.39 Å². The molecule has 14 heavy (non-hydrogen) atoms. The zero-order valence-electron chi connectivity index (χ0n) is 6.96. The molecule has 72 valence electrons. The fourth-order valence-corrected chi connectivity index (χ4v) is 1.62. The van der Waals surface area contributed by atoms with E-state index in [1.54, 1.807) is 6.07 Å². The summed E-state index contributed by atoms with van der Waals surface area (Å²) < 4.78 is 13.4. The highest BCUT2D eigenvalue weighted by molar-refractivity contribution is 9.10. The maximum absolute atomic E-state index is 12.8. The Kier molecular flexibility index (Phi) is 2.20. The number of nitrogens with one attached hydrogen (secondary N) is 1. The van der Waals surface area contributed by atoms with Gasteiger partial charge in [-0.05, 0) is 34.1 Å². The van der Waals surface area contributed by atoms with Crippen LogP contribution in [0.1, 0.15) is 0 Å². The zero-order valence-corrected chi connectivity index (χ0v) is 8.55. The molecule has 0 bridgehead atoms. The molecular weight excluding hydrogens is 251 g/mol. The molecule has 0 amide bonds. The van der Waals surface area contributed by atoms with Crippen molar-refractivity contribution in [3.8, 4) is 11.4 Å². The molecule has 3 N–H and O–H groups in total. The van der Waals surface area contributed by atoms with E-state index in [0.29, 0.717) is 10.3 Å². The van der Waals surface area contributed by atoms with E-state index in [1.807, 2.05) is 0 Å². The first-order chi connectivity index (χ1) is 6.66. The van der Waals surface area contributed by atoms with Crippen molar-refractivity contribution in [1.29, 1.82) is 0 Å². The molecule has 0 unspecified atom stereocenters. The molecule has 0 atom stereocenters. The SMILES string of the molecule is Nc1n[nH]c(-c2ccc(F)cc2Br)n1. The number of rotatable bonds is 1. The molecule has 0 saturated carbocycles. The smallest absolute Gasteiger partial charge is 0.239 e. The van der Waals surface area contributed by atoms with Crippen LogP contribution in [0.25, 0.3) is 11.4 Å². The molecule has 0 aliphatic rings. The lowest BCUT2D eigenvalue weighted by Crippen LogP contribution is -1.86. The molecule has 0 spiro atoms. The number of halogens is 2.